The number of hydrogen-bond donors (Lipinski definition) is 2. The average Bonchev–Trinajstić information content (AvgIpc) is 3.06. The van der Waals surface area contributed by atoms with Crippen LogP contribution in [0.2, 0.25) is 0 Å². The summed E-state index contributed by atoms with van der Waals surface area (Å²) in [6.07, 6.45) is 5.82. The van der Waals surface area contributed by atoms with Crippen molar-refractivity contribution in [2.24, 2.45) is 5.92 Å². The van der Waals surface area contributed by atoms with Gasteiger partial charge in [0.15, 0.2) is 0 Å². The maximum atomic E-state index is 11.6. The number of pyridine rings is 1. The molecule has 0 saturated heterocycles. The molecule has 0 atom stereocenters. The summed E-state index contributed by atoms with van der Waals surface area (Å²) in [7, 11) is 0. The molecule has 0 radical (unpaired) electrons. The van der Waals surface area contributed by atoms with Gasteiger partial charge in [-0.25, -0.2) is 4.79 Å². The molecule has 2 heterocycles. The third kappa shape index (κ3) is 2.56. The minimum atomic E-state index is -0.989. The van der Waals surface area contributed by atoms with Crippen LogP contribution in [-0.2, 0) is 6.42 Å². The number of H-pyrrole nitrogens is 1. The Kier molecular flexibility index (Phi) is 3.14. The zero-order valence-electron chi connectivity index (χ0n) is 10.4. The predicted octanol–water partition coefficient (Wildman–Crippen LogP) is 3.02. The maximum Gasteiger partial charge on any atom is 0.338 e. The third-order valence-electron chi connectivity index (χ3n) is 3.62. The van der Waals surface area contributed by atoms with Gasteiger partial charge in [-0.15, -0.1) is 11.3 Å². The van der Waals surface area contributed by atoms with Crippen LogP contribution < -0.4 is 5.56 Å². The van der Waals surface area contributed by atoms with Crippen molar-refractivity contribution in [1.29, 1.82) is 0 Å². The molecule has 4 nitrogen and oxygen atoms in total. The minimum absolute atomic E-state index is 0.196. The number of rotatable bonds is 5. The molecule has 1 aliphatic rings. The van der Waals surface area contributed by atoms with Crippen LogP contribution in [0.25, 0.3) is 10.2 Å². The van der Waals surface area contributed by atoms with E-state index in [1.807, 2.05) is 0 Å². The third-order valence-corrected chi connectivity index (χ3v) is 4.68. The molecule has 0 amide bonds. The first kappa shape index (κ1) is 12.4. The van der Waals surface area contributed by atoms with Crippen molar-refractivity contribution < 1.29 is 9.90 Å². The van der Waals surface area contributed by atoms with E-state index in [9.17, 15) is 9.59 Å². The van der Waals surface area contributed by atoms with Gasteiger partial charge in [-0.1, -0.05) is 19.3 Å². The number of carboxylic acids is 1. The van der Waals surface area contributed by atoms with Crippen LogP contribution in [0.4, 0.5) is 0 Å². The van der Waals surface area contributed by atoms with E-state index in [0.717, 1.165) is 29.0 Å². The lowest BCUT2D eigenvalue weighted by atomic mass is 10.1. The Morgan fingerprint density at radius 1 is 1.47 bits per heavy atom. The van der Waals surface area contributed by atoms with E-state index in [4.69, 9.17) is 5.11 Å². The van der Waals surface area contributed by atoms with Gasteiger partial charge in [0.2, 0.25) is 5.56 Å². The first-order valence-electron chi connectivity index (χ1n) is 6.52. The average molecular weight is 277 g/mol. The molecule has 1 fully saturated rings. The summed E-state index contributed by atoms with van der Waals surface area (Å²) in [6.45, 7) is 0. The molecule has 0 unspecified atom stereocenters. The highest BCUT2D eigenvalue weighted by Crippen LogP contribution is 2.34. The number of fused-ring (bicyclic) bond motifs is 1. The van der Waals surface area contributed by atoms with E-state index >= 15 is 0 Å². The van der Waals surface area contributed by atoms with E-state index in [1.165, 1.54) is 30.6 Å². The first-order valence-corrected chi connectivity index (χ1v) is 7.40. The van der Waals surface area contributed by atoms with Gasteiger partial charge in [0.1, 0.15) is 0 Å². The molecule has 1 saturated carbocycles. The molecular weight excluding hydrogens is 262 g/mol. The number of hydrogen-bond acceptors (Lipinski definition) is 3. The van der Waals surface area contributed by atoms with Gasteiger partial charge in [-0.3, -0.25) is 4.79 Å². The zero-order chi connectivity index (χ0) is 13.4. The number of aromatic nitrogens is 1. The van der Waals surface area contributed by atoms with Crippen molar-refractivity contribution in [2.45, 2.75) is 32.1 Å². The lowest BCUT2D eigenvalue weighted by molar-refractivity contribution is 0.0699. The smallest absolute Gasteiger partial charge is 0.338 e. The Balaban J connectivity index is 1.93. The molecule has 0 spiro atoms. The number of aryl methyl sites for hydroxylation is 1. The second-order valence-corrected chi connectivity index (χ2v) is 6.03. The predicted molar refractivity (Wildman–Crippen MR) is 75.1 cm³/mol. The van der Waals surface area contributed by atoms with Gasteiger partial charge in [0.05, 0.1) is 15.8 Å². The van der Waals surface area contributed by atoms with Crippen molar-refractivity contribution in [3.05, 3.63) is 32.9 Å². The minimum Gasteiger partial charge on any atom is -0.478 e. The highest BCUT2D eigenvalue weighted by molar-refractivity contribution is 7.17. The Labute approximate surface area is 114 Å². The van der Waals surface area contributed by atoms with Crippen LogP contribution >= 0.6 is 11.3 Å². The molecule has 1 aliphatic carbocycles. The molecule has 3 rings (SSSR count). The molecule has 0 aromatic carbocycles. The van der Waals surface area contributed by atoms with E-state index in [2.05, 4.69) is 4.98 Å². The summed E-state index contributed by atoms with van der Waals surface area (Å²) >= 11 is 1.40. The van der Waals surface area contributed by atoms with Crippen molar-refractivity contribution >= 4 is 27.5 Å². The normalized spacial score (nSPS) is 14.9. The molecule has 2 aromatic rings. The second-order valence-electron chi connectivity index (χ2n) is 5.15. The quantitative estimate of drug-likeness (QED) is 0.882. The van der Waals surface area contributed by atoms with Crippen LogP contribution in [0.5, 0.6) is 0 Å². The van der Waals surface area contributed by atoms with Crippen LogP contribution in [0.3, 0.4) is 0 Å². The molecule has 0 aliphatic heterocycles. The monoisotopic (exact) mass is 277 g/mol. The number of aromatic amines is 1. The van der Waals surface area contributed by atoms with Crippen molar-refractivity contribution in [3.63, 3.8) is 0 Å². The van der Waals surface area contributed by atoms with Gasteiger partial charge in [-0.05, 0) is 24.3 Å². The fraction of sp³-hybridized carbons (Fsp3) is 0.429. The standard InChI is InChI=1S/C14H15NO3S/c16-11-6-9(3-1-2-8-4-5-8)13-12(15-11)10(7-19-13)14(17)18/h6-8H,1-5H2,(H,15,16)(H,17,18). The number of aromatic carboxylic acids is 1. The summed E-state index contributed by atoms with van der Waals surface area (Å²) < 4.78 is 0.910. The summed E-state index contributed by atoms with van der Waals surface area (Å²) in [5.74, 6) is -0.104. The molecule has 0 bridgehead atoms. The van der Waals surface area contributed by atoms with Gasteiger partial charge >= 0.3 is 5.97 Å². The van der Waals surface area contributed by atoms with Crippen LogP contribution in [0.15, 0.2) is 16.2 Å². The Bertz CT molecular complexity index is 682. The van der Waals surface area contributed by atoms with Gasteiger partial charge in [0.25, 0.3) is 0 Å². The summed E-state index contributed by atoms with van der Waals surface area (Å²) in [5.41, 5.74) is 1.44. The lowest BCUT2D eigenvalue weighted by Crippen LogP contribution is -2.07. The maximum absolute atomic E-state index is 11.6. The summed E-state index contributed by atoms with van der Waals surface area (Å²) in [5, 5.41) is 10.7. The van der Waals surface area contributed by atoms with Gasteiger partial charge in [-0.2, -0.15) is 0 Å². The number of nitrogens with one attached hydrogen (secondary N) is 1. The van der Waals surface area contributed by atoms with E-state index < -0.39 is 5.97 Å². The van der Waals surface area contributed by atoms with Crippen LogP contribution in [0.1, 0.15) is 41.6 Å². The molecular formula is C14H15NO3S. The highest BCUT2D eigenvalue weighted by atomic mass is 32.1. The number of carbonyl (C=O) groups is 1. The van der Waals surface area contributed by atoms with Crippen molar-refractivity contribution in [2.75, 3.05) is 0 Å². The zero-order valence-corrected chi connectivity index (χ0v) is 11.3. The molecule has 19 heavy (non-hydrogen) atoms. The van der Waals surface area contributed by atoms with E-state index in [-0.39, 0.29) is 11.1 Å². The van der Waals surface area contributed by atoms with Gasteiger partial charge < -0.3 is 10.1 Å². The molecule has 2 N–H and O–H groups in total. The second kappa shape index (κ2) is 4.81. The van der Waals surface area contributed by atoms with Crippen molar-refractivity contribution in [1.82, 2.24) is 4.98 Å². The van der Waals surface area contributed by atoms with Gasteiger partial charge in [0, 0.05) is 11.4 Å². The highest BCUT2D eigenvalue weighted by Gasteiger charge is 2.21. The SMILES string of the molecule is O=C(O)c1csc2c(CCCC3CC3)cc(=O)[nH]c12. The van der Waals surface area contributed by atoms with Crippen LogP contribution in [-0.4, -0.2) is 16.1 Å². The lowest BCUT2D eigenvalue weighted by Gasteiger charge is -2.02. The topological polar surface area (TPSA) is 70.2 Å². The Morgan fingerprint density at radius 2 is 2.26 bits per heavy atom. The number of thiophene rings is 1. The summed E-state index contributed by atoms with van der Waals surface area (Å²) in [4.78, 5) is 25.4. The molecule has 2 aromatic heterocycles. The van der Waals surface area contributed by atoms with E-state index in [0.29, 0.717) is 5.52 Å². The largest absolute Gasteiger partial charge is 0.478 e. The van der Waals surface area contributed by atoms with Crippen LogP contribution in [0, 0.1) is 5.92 Å². The fourth-order valence-corrected chi connectivity index (χ4v) is 3.48. The number of carboxylic acid groups (broad SMARTS) is 1. The van der Waals surface area contributed by atoms with E-state index in [1.54, 1.807) is 11.4 Å². The molecule has 5 heteroatoms. The fourth-order valence-electron chi connectivity index (χ4n) is 2.43. The summed E-state index contributed by atoms with van der Waals surface area (Å²) in [6, 6.07) is 1.61. The molecule has 100 valence electrons. The van der Waals surface area contributed by atoms with Crippen molar-refractivity contribution in [3.8, 4) is 0 Å². The Morgan fingerprint density at radius 3 is 2.95 bits per heavy atom. The first-order chi connectivity index (χ1) is 9.15. The Hall–Kier alpha value is -1.62.